The predicted molar refractivity (Wildman–Crippen MR) is 69.5 cm³/mol. The molecule has 1 aromatic heterocycles. The van der Waals surface area contributed by atoms with Crippen LogP contribution in [0.4, 0.5) is 0 Å². The van der Waals surface area contributed by atoms with Gasteiger partial charge in [-0.25, -0.2) is 0 Å². The van der Waals surface area contributed by atoms with Gasteiger partial charge in [0.25, 0.3) is 0 Å². The Hall–Kier alpha value is -1.45. The van der Waals surface area contributed by atoms with E-state index in [0.717, 1.165) is 11.1 Å². The largest absolute Gasteiger partial charge is 0.379 e. The molecular formula is C14H14O2S. The van der Waals surface area contributed by atoms with E-state index in [4.69, 9.17) is 0 Å². The average Bonchev–Trinajstić information content (AvgIpc) is 2.75. The molecule has 1 heterocycles. The number of carbonyl (C=O) groups excluding carboxylic acids is 1. The van der Waals surface area contributed by atoms with Gasteiger partial charge in [0, 0.05) is 10.4 Å². The first-order chi connectivity index (χ1) is 8.08. The van der Waals surface area contributed by atoms with Crippen LogP contribution in [0.2, 0.25) is 0 Å². The van der Waals surface area contributed by atoms with Crippen molar-refractivity contribution in [1.29, 1.82) is 0 Å². The van der Waals surface area contributed by atoms with Crippen molar-refractivity contribution in [3.05, 3.63) is 57.3 Å². The Balaban J connectivity index is 2.23. The monoisotopic (exact) mass is 246 g/mol. The zero-order chi connectivity index (χ0) is 12.4. The number of aliphatic hydroxyl groups excluding tert-OH is 1. The van der Waals surface area contributed by atoms with E-state index < -0.39 is 6.10 Å². The summed E-state index contributed by atoms with van der Waals surface area (Å²) in [5.74, 6) is -0.244. The highest BCUT2D eigenvalue weighted by molar-refractivity contribution is 7.10. The van der Waals surface area contributed by atoms with Crippen LogP contribution in [0.3, 0.4) is 0 Å². The van der Waals surface area contributed by atoms with Gasteiger partial charge in [-0.1, -0.05) is 29.8 Å². The van der Waals surface area contributed by atoms with Crippen LogP contribution in [0.25, 0.3) is 0 Å². The molecule has 17 heavy (non-hydrogen) atoms. The summed E-state index contributed by atoms with van der Waals surface area (Å²) in [7, 11) is 0. The fourth-order valence-electron chi connectivity index (χ4n) is 1.60. The number of aliphatic hydroxyl groups is 1. The predicted octanol–water partition coefficient (Wildman–Crippen LogP) is 3.28. The van der Waals surface area contributed by atoms with E-state index >= 15 is 0 Å². The van der Waals surface area contributed by atoms with Crippen LogP contribution in [0, 0.1) is 13.8 Å². The fraction of sp³-hybridized carbons (Fsp3) is 0.214. The molecule has 0 aliphatic carbocycles. The Morgan fingerprint density at radius 2 is 1.82 bits per heavy atom. The Morgan fingerprint density at radius 1 is 1.18 bits per heavy atom. The van der Waals surface area contributed by atoms with Gasteiger partial charge in [-0.15, -0.1) is 11.3 Å². The molecule has 0 bridgehead atoms. The highest BCUT2D eigenvalue weighted by Crippen LogP contribution is 2.24. The Morgan fingerprint density at radius 3 is 2.35 bits per heavy atom. The van der Waals surface area contributed by atoms with Gasteiger partial charge in [-0.3, -0.25) is 4.79 Å². The zero-order valence-electron chi connectivity index (χ0n) is 9.81. The minimum Gasteiger partial charge on any atom is -0.379 e. The summed E-state index contributed by atoms with van der Waals surface area (Å²) in [5.41, 5.74) is 2.72. The van der Waals surface area contributed by atoms with Gasteiger partial charge < -0.3 is 5.11 Å². The molecule has 0 saturated heterocycles. The van der Waals surface area contributed by atoms with Gasteiger partial charge in [0.2, 0.25) is 0 Å². The van der Waals surface area contributed by atoms with Crippen molar-refractivity contribution >= 4 is 17.1 Å². The number of Topliss-reactive ketones (excluding diaryl/α,β-unsaturated/α-hetero) is 1. The Labute approximate surface area is 105 Å². The molecule has 0 aliphatic heterocycles. The molecule has 3 heteroatoms. The lowest BCUT2D eigenvalue weighted by Crippen LogP contribution is -2.10. The molecule has 88 valence electrons. The maximum Gasteiger partial charge on any atom is 0.196 e. The van der Waals surface area contributed by atoms with Gasteiger partial charge in [-0.05, 0) is 30.9 Å². The van der Waals surface area contributed by atoms with E-state index in [1.54, 1.807) is 12.1 Å². The average molecular weight is 246 g/mol. The molecule has 2 aromatic rings. The Kier molecular flexibility index (Phi) is 3.41. The number of ketones is 1. The third-order valence-electron chi connectivity index (χ3n) is 2.60. The van der Waals surface area contributed by atoms with Crippen molar-refractivity contribution in [2.24, 2.45) is 0 Å². The standard InChI is InChI=1S/C14H14O2S/c1-9-3-5-11(6-4-9)13(15)14(16)12-7-10(2)8-17-12/h3-8,14,16H,1-2H3. The van der Waals surface area contributed by atoms with Crippen LogP contribution in [0.5, 0.6) is 0 Å². The van der Waals surface area contributed by atoms with E-state index in [2.05, 4.69) is 0 Å². The highest BCUT2D eigenvalue weighted by atomic mass is 32.1. The van der Waals surface area contributed by atoms with Crippen molar-refractivity contribution in [2.45, 2.75) is 20.0 Å². The van der Waals surface area contributed by atoms with Crippen molar-refractivity contribution in [3.63, 3.8) is 0 Å². The van der Waals surface area contributed by atoms with Gasteiger partial charge in [0.15, 0.2) is 11.9 Å². The minimum atomic E-state index is -1.04. The summed E-state index contributed by atoms with van der Waals surface area (Å²) >= 11 is 1.41. The fourth-order valence-corrected chi connectivity index (χ4v) is 2.48. The quantitative estimate of drug-likeness (QED) is 0.844. The second-order valence-electron chi connectivity index (χ2n) is 4.16. The van der Waals surface area contributed by atoms with Crippen molar-refractivity contribution < 1.29 is 9.90 Å². The number of hydrogen-bond acceptors (Lipinski definition) is 3. The molecule has 1 N–H and O–H groups in total. The first kappa shape index (κ1) is 12.0. The van der Waals surface area contributed by atoms with Crippen LogP contribution in [0.15, 0.2) is 35.7 Å². The van der Waals surface area contributed by atoms with Crippen LogP contribution in [0.1, 0.15) is 32.5 Å². The summed E-state index contributed by atoms with van der Waals surface area (Å²) in [6, 6.07) is 9.10. The van der Waals surface area contributed by atoms with Crippen LogP contribution in [-0.4, -0.2) is 10.9 Å². The maximum atomic E-state index is 12.0. The number of thiophene rings is 1. The lowest BCUT2D eigenvalue weighted by Gasteiger charge is -2.07. The molecule has 2 rings (SSSR count). The van der Waals surface area contributed by atoms with E-state index in [1.807, 2.05) is 37.4 Å². The second-order valence-corrected chi connectivity index (χ2v) is 5.10. The smallest absolute Gasteiger partial charge is 0.196 e. The zero-order valence-corrected chi connectivity index (χ0v) is 10.6. The molecule has 0 radical (unpaired) electrons. The summed E-state index contributed by atoms with van der Waals surface area (Å²) in [4.78, 5) is 12.7. The lowest BCUT2D eigenvalue weighted by molar-refractivity contribution is 0.0753. The maximum absolute atomic E-state index is 12.0. The summed E-state index contributed by atoms with van der Waals surface area (Å²) in [6.07, 6.45) is -1.04. The van der Waals surface area contributed by atoms with Gasteiger partial charge in [0.1, 0.15) is 0 Å². The first-order valence-corrected chi connectivity index (χ1v) is 6.30. The number of carbonyl (C=O) groups is 1. The summed E-state index contributed by atoms with van der Waals surface area (Å²) in [6.45, 7) is 3.91. The molecule has 0 spiro atoms. The highest BCUT2D eigenvalue weighted by Gasteiger charge is 2.20. The van der Waals surface area contributed by atoms with Crippen LogP contribution < -0.4 is 0 Å². The van der Waals surface area contributed by atoms with E-state index in [1.165, 1.54) is 11.3 Å². The topological polar surface area (TPSA) is 37.3 Å². The van der Waals surface area contributed by atoms with Gasteiger partial charge >= 0.3 is 0 Å². The summed E-state index contributed by atoms with van der Waals surface area (Å²) < 4.78 is 0. The molecule has 0 aliphatic rings. The summed E-state index contributed by atoms with van der Waals surface area (Å²) in [5, 5.41) is 11.9. The first-order valence-electron chi connectivity index (χ1n) is 5.42. The minimum absolute atomic E-state index is 0.244. The Bertz CT molecular complexity index is 525. The number of aryl methyl sites for hydroxylation is 2. The van der Waals surface area contributed by atoms with Crippen molar-refractivity contribution in [2.75, 3.05) is 0 Å². The molecule has 0 amide bonds. The molecule has 1 aromatic carbocycles. The lowest BCUT2D eigenvalue weighted by atomic mass is 10.0. The van der Waals surface area contributed by atoms with Gasteiger partial charge in [-0.2, -0.15) is 0 Å². The molecule has 1 atom stereocenters. The van der Waals surface area contributed by atoms with Crippen LogP contribution >= 0.6 is 11.3 Å². The molecular weight excluding hydrogens is 232 g/mol. The SMILES string of the molecule is Cc1ccc(C(=O)C(O)c2cc(C)cs2)cc1. The van der Waals surface area contributed by atoms with Crippen molar-refractivity contribution in [3.8, 4) is 0 Å². The third-order valence-corrected chi connectivity index (χ3v) is 3.71. The van der Waals surface area contributed by atoms with Crippen LogP contribution in [-0.2, 0) is 0 Å². The normalized spacial score (nSPS) is 12.4. The number of rotatable bonds is 3. The van der Waals surface area contributed by atoms with Crippen molar-refractivity contribution in [1.82, 2.24) is 0 Å². The molecule has 1 unspecified atom stereocenters. The van der Waals surface area contributed by atoms with E-state index in [-0.39, 0.29) is 5.78 Å². The molecule has 0 saturated carbocycles. The number of benzene rings is 1. The van der Waals surface area contributed by atoms with E-state index in [9.17, 15) is 9.90 Å². The number of hydrogen-bond donors (Lipinski definition) is 1. The molecule has 2 nitrogen and oxygen atoms in total. The second kappa shape index (κ2) is 4.82. The van der Waals surface area contributed by atoms with Gasteiger partial charge in [0.05, 0.1) is 0 Å². The van der Waals surface area contributed by atoms with E-state index in [0.29, 0.717) is 10.4 Å². The third kappa shape index (κ3) is 2.62. The molecule has 0 fully saturated rings.